The fourth-order valence-electron chi connectivity index (χ4n) is 3.47. The molecule has 136 valence electrons. The number of piperazine rings is 1. The number of rotatable bonds is 4. The molecule has 0 saturated carbocycles. The van der Waals surface area contributed by atoms with Crippen molar-refractivity contribution in [1.29, 1.82) is 0 Å². The molecule has 0 bridgehead atoms. The summed E-state index contributed by atoms with van der Waals surface area (Å²) in [4.78, 5) is 30.1. The SMILES string of the molecule is CCOc1ccc(N2CCN(C(=O)[C@H]3CCCN3C(C)=O)CC2)nn1. The molecular weight excluding hydrogens is 322 g/mol. The fraction of sp³-hybridized carbons (Fsp3) is 0.647. The molecule has 2 aliphatic heterocycles. The van der Waals surface area contributed by atoms with Gasteiger partial charge in [-0.3, -0.25) is 9.59 Å². The van der Waals surface area contributed by atoms with E-state index in [0.29, 0.717) is 45.2 Å². The fourth-order valence-corrected chi connectivity index (χ4v) is 3.47. The Kier molecular flexibility index (Phi) is 5.35. The average Bonchev–Trinajstić information content (AvgIpc) is 3.12. The highest BCUT2D eigenvalue weighted by molar-refractivity contribution is 5.87. The Labute approximate surface area is 147 Å². The molecule has 8 heteroatoms. The molecule has 0 aliphatic carbocycles. The number of nitrogens with zero attached hydrogens (tertiary/aromatic N) is 5. The number of carbonyl (C=O) groups excluding carboxylic acids is 2. The van der Waals surface area contributed by atoms with E-state index in [0.717, 1.165) is 18.7 Å². The third-order valence-corrected chi connectivity index (χ3v) is 4.78. The van der Waals surface area contributed by atoms with Gasteiger partial charge in [0.15, 0.2) is 5.82 Å². The van der Waals surface area contributed by atoms with Crippen molar-refractivity contribution >= 4 is 17.6 Å². The van der Waals surface area contributed by atoms with Crippen LogP contribution in [0.2, 0.25) is 0 Å². The van der Waals surface area contributed by atoms with Gasteiger partial charge in [-0.05, 0) is 25.8 Å². The molecule has 2 saturated heterocycles. The summed E-state index contributed by atoms with van der Waals surface area (Å²) >= 11 is 0. The van der Waals surface area contributed by atoms with E-state index in [4.69, 9.17) is 4.74 Å². The average molecular weight is 347 g/mol. The van der Waals surface area contributed by atoms with E-state index in [1.54, 1.807) is 4.90 Å². The quantitative estimate of drug-likeness (QED) is 0.791. The Balaban J connectivity index is 1.56. The predicted octanol–water partition coefficient (Wildman–Crippen LogP) is 0.535. The second-order valence-electron chi connectivity index (χ2n) is 6.35. The molecule has 3 rings (SSSR count). The largest absolute Gasteiger partial charge is 0.477 e. The van der Waals surface area contributed by atoms with Crippen molar-refractivity contribution in [3.8, 4) is 5.88 Å². The van der Waals surface area contributed by atoms with Crippen molar-refractivity contribution in [3.05, 3.63) is 12.1 Å². The molecule has 3 heterocycles. The molecule has 0 N–H and O–H groups in total. The third kappa shape index (κ3) is 3.83. The van der Waals surface area contributed by atoms with Gasteiger partial charge in [-0.2, -0.15) is 0 Å². The molecule has 1 atom stereocenters. The van der Waals surface area contributed by atoms with E-state index in [1.165, 1.54) is 6.92 Å². The highest BCUT2D eigenvalue weighted by Crippen LogP contribution is 2.21. The Bertz CT molecular complexity index is 613. The molecule has 1 aromatic rings. The molecule has 2 amide bonds. The molecule has 8 nitrogen and oxygen atoms in total. The topological polar surface area (TPSA) is 78.9 Å². The maximum atomic E-state index is 12.7. The molecule has 0 radical (unpaired) electrons. The van der Waals surface area contributed by atoms with E-state index in [2.05, 4.69) is 15.1 Å². The van der Waals surface area contributed by atoms with Gasteiger partial charge in [-0.1, -0.05) is 0 Å². The molecule has 2 fully saturated rings. The summed E-state index contributed by atoms with van der Waals surface area (Å²) in [6, 6.07) is 3.42. The first-order chi connectivity index (χ1) is 12.1. The van der Waals surface area contributed by atoms with Crippen molar-refractivity contribution in [2.75, 3.05) is 44.2 Å². The molecule has 1 aromatic heterocycles. The number of amides is 2. The maximum Gasteiger partial charge on any atom is 0.245 e. The summed E-state index contributed by atoms with van der Waals surface area (Å²) < 4.78 is 5.31. The van der Waals surface area contributed by atoms with Gasteiger partial charge in [0.2, 0.25) is 17.7 Å². The first kappa shape index (κ1) is 17.4. The van der Waals surface area contributed by atoms with Crippen LogP contribution in [0, 0.1) is 0 Å². The zero-order valence-electron chi connectivity index (χ0n) is 14.8. The van der Waals surface area contributed by atoms with Gasteiger partial charge in [-0.25, -0.2) is 0 Å². The third-order valence-electron chi connectivity index (χ3n) is 4.78. The van der Waals surface area contributed by atoms with Crippen LogP contribution in [0.4, 0.5) is 5.82 Å². The Morgan fingerprint density at radius 3 is 2.52 bits per heavy atom. The Morgan fingerprint density at radius 2 is 1.92 bits per heavy atom. The van der Waals surface area contributed by atoms with Gasteiger partial charge in [0, 0.05) is 45.7 Å². The minimum absolute atomic E-state index is 0.0147. The first-order valence-electron chi connectivity index (χ1n) is 8.87. The van der Waals surface area contributed by atoms with Crippen LogP contribution in [-0.4, -0.2) is 77.2 Å². The van der Waals surface area contributed by atoms with Gasteiger partial charge in [-0.15, -0.1) is 10.2 Å². The minimum Gasteiger partial charge on any atom is -0.477 e. The minimum atomic E-state index is -0.283. The maximum absolute atomic E-state index is 12.7. The lowest BCUT2D eigenvalue weighted by molar-refractivity contribution is -0.143. The summed E-state index contributed by atoms with van der Waals surface area (Å²) in [6.07, 6.45) is 1.67. The smallest absolute Gasteiger partial charge is 0.245 e. The number of anilines is 1. The van der Waals surface area contributed by atoms with Crippen molar-refractivity contribution in [2.45, 2.75) is 32.7 Å². The van der Waals surface area contributed by atoms with Gasteiger partial charge >= 0.3 is 0 Å². The highest BCUT2D eigenvalue weighted by atomic mass is 16.5. The van der Waals surface area contributed by atoms with E-state index < -0.39 is 0 Å². The molecular formula is C17H25N5O3. The van der Waals surface area contributed by atoms with Crippen molar-refractivity contribution in [2.24, 2.45) is 0 Å². The van der Waals surface area contributed by atoms with E-state index in [-0.39, 0.29) is 17.9 Å². The van der Waals surface area contributed by atoms with Crippen LogP contribution >= 0.6 is 0 Å². The summed E-state index contributed by atoms with van der Waals surface area (Å²) in [5.74, 6) is 1.37. The normalized spacial score (nSPS) is 20.7. The van der Waals surface area contributed by atoms with E-state index >= 15 is 0 Å². The number of ether oxygens (including phenoxy) is 1. The molecule has 0 aromatic carbocycles. The summed E-state index contributed by atoms with van der Waals surface area (Å²) in [5, 5.41) is 8.25. The van der Waals surface area contributed by atoms with Crippen LogP contribution in [0.5, 0.6) is 5.88 Å². The van der Waals surface area contributed by atoms with Gasteiger partial charge < -0.3 is 19.4 Å². The van der Waals surface area contributed by atoms with Gasteiger partial charge in [0.1, 0.15) is 6.04 Å². The number of likely N-dealkylation sites (tertiary alicyclic amines) is 1. The molecule has 2 aliphatic rings. The zero-order valence-corrected chi connectivity index (χ0v) is 14.8. The lowest BCUT2D eigenvalue weighted by Gasteiger charge is -2.37. The zero-order chi connectivity index (χ0) is 17.8. The van der Waals surface area contributed by atoms with Crippen molar-refractivity contribution < 1.29 is 14.3 Å². The lowest BCUT2D eigenvalue weighted by atomic mass is 10.1. The number of aromatic nitrogens is 2. The van der Waals surface area contributed by atoms with Crippen LogP contribution in [0.25, 0.3) is 0 Å². The number of hydrogen-bond donors (Lipinski definition) is 0. The number of hydrogen-bond acceptors (Lipinski definition) is 6. The summed E-state index contributed by atoms with van der Waals surface area (Å²) in [6.45, 7) is 7.38. The van der Waals surface area contributed by atoms with Crippen molar-refractivity contribution in [3.63, 3.8) is 0 Å². The van der Waals surface area contributed by atoms with E-state index in [9.17, 15) is 9.59 Å². The van der Waals surface area contributed by atoms with Crippen LogP contribution in [-0.2, 0) is 9.59 Å². The van der Waals surface area contributed by atoms with Gasteiger partial charge in [0.05, 0.1) is 6.61 Å². The first-order valence-corrected chi connectivity index (χ1v) is 8.87. The molecule has 0 spiro atoms. The monoisotopic (exact) mass is 347 g/mol. The van der Waals surface area contributed by atoms with Crippen molar-refractivity contribution in [1.82, 2.24) is 20.0 Å². The van der Waals surface area contributed by atoms with Crippen LogP contribution in [0.3, 0.4) is 0 Å². The van der Waals surface area contributed by atoms with Crippen LogP contribution < -0.4 is 9.64 Å². The Morgan fingerprint density at radius 1 is 1.16 bits per heavy atom. The second-order valence-corrected chi connectivity index (χ2v) is 6.35. The Hall–Kier alpha value is -2.38. The number of carbonyl (C=O) groups is 2. The summed E-state index contributed by atoms with van der Waals surface area (Å²) in [5.41, 5.74) is 0. The second kappa shape index (κ2) is 7.67. The van der Waals surface area contributed by atoms with E-state index in [1.807, 2.05) is 24.0 Å². The van der Waals surface area contributed by atoms with Gasteiger partial charge in [0.25, 0.3) is 0 Å². The lowest BCUT2D eigenvalue weighted by Crippen LogP contribution is -2.54. The molecule has 25 heavy (non-hydrogen) atoms. The van der Waals surface area contributed by atoms with Crippen LogP contribution in [0.15, 0.2) is 12.1 Å². The van der Waals surface area contributed by atoms with Crippen LogP contribution in [0.1, 0.15) is 26.7 Å². The molecule has 0 unspecified atom stereocenters. The summed E-state index contributed by atoms with van der Waals surface area (Å²) in [7, 11) is 0. The predicted molar refractivity (Wildman–Crippen MR) is 92.4 cm³/mol. The highest BCUT2D eigenvalue weighted by Gasteiger charge is 2.36. The standard InChI is InChI=1S/C17H25N5O3/c1-3-25-16-7-6-15(18-19-16)20-9-11-21(12-10-20)17(24)14-5-4-8-22(14)13(2)23/h6-7,14H,3-5,8-12H2,1-2H3/t14-/m1/s1.